The maximum absolute atomic E-state index is 11.5. The minimum atomic E-state index is -0.720. The number of nitrogens with one attached hydrogen (secondary N) is 1. The molecule has 15 heavy (non-hydrogen) atoms. The zero-order chi connectivity index (χ0) is 11.1. The van der Waals surface area contributed by atoms with Gasteiger partial charge in [0.2, 0.25) is 5.91 Å². The fourth-order valence-corrected chi connectivity index (χ4v) is 2.00. The lowest BCUT2D eigenvalue weighted by Crippen LogP contribution is -2.42. The predicted molar refractivity (Wildman–Crippen MR) is 59.8 cm³/mol. The van der Waals surface area contributed by atoms with Gasteiger partial charge in [-0.25, -0.2) is 0 Å². The van der Waals surface area contributed by atoms with Crippen molar-refractivity contribution in [3.05, 3.63) is 34.9 Å². The number of carbonyl (C=O) groups excluding carboxylic acids is 1. The fraction of sp³-hybridized carbons (Fsp3) is 0.364. The number of amides is 1. The Morgan fingerprint density at radius 3 is 2.67 bits per heavy atom. The molecule has 1 aliphatic carbocycles. The molecule has 1 aromatic rings. The van der Waals surface area contributed by atoms with E-state index >= 15 is 0 Å². The first kappa shape index (κ1) is 10.5. The van der Waals surface area contributed by atoms with Crippen molar-refractivity contribution >= 4 is 17.5 Å². The second-order valence-electron chi connectivity index (χ2n) is 3.93. The molecule has 0 bridgehead atoms. The van der Waals surface area contributed by atoms with E-state index in [0.717, 1.165) is 5.56 Å². The maximum Gasteiger partial charge on any atom is 0.240 e. The van der Waals surface area contributed by atoms with Crippen molar-refractivity contribution in [3.63, 3.8) is 0 Å². The summed E-state index contributed by atoms with van der Waals surface area (Å²) in [6.07, 6.45) is 0.703. The lowest BCUT2D eigenvalue weighted by atomic mass is 10.1. The Kier molecular flexibility index (Phi) is 2.44. The van der Waals surface area contributed by atoms with E-state index in [2.05, 4.69) is 5.32 Å². The SMILES string of the molecule is CNC(=O)C1(N)CC1c1ccc(Cl)cc1. The van der Waals surface area contributed by atoms with Crippen LogP contribution < -0.4 is 11.1 Å². The van der Waals surface area contributed by atoms with E-state index in [4.69, 9.17) is 17.3 Å². The molecule has 2 rings (SSSR count). The second kappa shape index (κ2) is 3.51. The van der Waals surface area contributed by atoms with Crippen LogP contribution in [0.4, 0.5) is 0 Å². The summed E-state index contributed by atoms with van der Waals surface area (Å²) in [4.78, 5) is 11.5. The summed E-state index contributed by atoms with van der Waals surface area (Å²) in [5.41, 5.74) is 6.32. The lowest BCUT2D eigenvalue weighted by molar-refractivity contribution is -0.122. The number of hydrogen-bond donors (Lipinski definition) is 2. The number of likely N-dealkylation sites (N-methyl/N-ethyl adjacent to an activating group) is 1. The Morgan fingerprint density at radius 2 is 2.13 bits per heavy atom. The van der Waals surface area contributed by atoms with E-state index < -0.39 is 5.54 Å². The Labute approximate surface area is 93.6 Å². The average Bonchev–Trinajstić information content (AvgIpc) is 2.92. The van der Waals surface area contributed by atoms with Gasteiger partial charge in [-0.05, 0) is 24.1 Å². The van der Waals surface area contributed by atoms with Gasteiger partial charge in [0.05, 0.1) is 0 Å². The quantitative estimate of drug-likeness (QED) is 0.795. The van der Waals surface area contributed by atoms with E-state index in [0.29, 0.717) is 11.4 Å². The van der Waals surface area contributed by atoms with Crippen molar-refractivity contribution in [2.75, 3.05) is 7.05 Å². The molecular formula is C11H13ClN2O. The smallest absolute Gasteiger partial charge is 0.240 e. The van der Waals surface area contributed by atoms with Gasteiger partial charge in [0, 0.05) is 18.0 Å². The van der Waals surface area contributed by atoms with Crippen molar-refractivity contribution in [2.24, 2.45) is 5.73 Å². The van der Waals surface area contributed by atoms with E-state index in [-0.39, 0.29) is 11.8 Å². The first-order valence-corrected chi connectivity index (χ1v) is 5.22. The van der Waals surface area contributed by atoms with Crippen LogP contribution in [0.2, 0.25) is 5.02 Å². The highest BCUT2D eigenvalue weighted by Crippen LogP contribution is 2.49. The monoisotopic (exact) mass is 224 g/mol. The minimum absolute atomic E-state index is 0.0950. The van der Waals surface area contributed by atoms with Crippen LogP contribution in [0.3, 0.4) is 0 Å². The first-order chi connectivity index (χ1) is 7.08. The van der Waals surface area contributed by atoms with Crippen LogP contribution in [0.15, 0.2) is 24.3 Å². The normalized spacial score (nSPS) is 28.6. The van der Waals surface area contributed by atoms with Crippen molar-refractivity contribution in [1.82, 2.24) is 5.32 Å². The Morgan fingerprint density at radius 1 is 1.53 bits per heavy atom. The van der Waals surface area contributed by atoms with Gasteiger partial charge >= 0.3 is 0 Å². The third kappa shape index (κ3) is 1.73. The molecule has 0 saturated heterocycles. The molecule has 0 spiro atoms. The van der Waals surface area contributed by atoms with Crippen LogP contribution in [0.25, 0.3) is 0 Å². The highest BCUT2D eigenvalue weighted by Gasteiger charge is 2.57. The molecule has 1 fully saturated rings. The highest BCUT2D eigenvalue weighted by atomic mass is 35.5. The second-order valence-corrected chi connectivity index (χ2v) is 4.36. The Bertz CT molecular complexity index is 390. The van der Waals surface area contributed by atoms with Crippen LogP contribution in [0.1, 0.15) is 17.9 Å². The van der Waals surface area contributed by atoms with E-state index in [1.54, 1.807) is 7.05 Å². The van der Waals surface area contributed by atoms with Crippen molar-refractivity contribution in [3.8, 4) is 0 Å². The molecule has 1 saturated carbocycles. The van der Waals surface area contributed by atoms with Crippen LogP contribution in [-0.2, 0) is 4.79 Å². The summed E-state index contributed by atoms with van der Waals surface area (Å²) >= 11 is 5.79. The molecule has 1 aliphatic rings. The molecule has 3 nitrogen and oxygen atoms in total. The molecule has 2 atom stereocenters. The van der Waals surface area contributed by atoms with E-state index in [1.807, 2.05) is 24.3 Å². The molecule has 0 heterocycles. The van der Waals surface area contributed by atoms with Crippen molar-refractivity contribution in [2.45, 2.75) is 17.9 Å². The van der Waals surface area contributed by atoms with Gasteiger partial charge in [0.15, 0.2) is 0 Å². The van der Waals surface area contributed by atoms with Gasteiger partial charge in [-0.2, -0.15) is 0 Å². The van der Waals surface area contributed by atoms with Crippen LogP contribution >= 0.6 is 11.6 Å². The van der Waals surface area contributed by atoms with Crippen LogP contribution in [-0.4, -0.2) is 18.5 Å². The summed E-state index contributed by atoms with van der Waals surface area (Å²) in [5.74, 6) is 0.0252. The molecule has 1 aromatic carbocycles. The topological polar surface area (TPSA) is 55.1 Å². The summed E-state index contributed by atoms with van der Waals surface area (Å²) in [6, 6.07) is 7.48. The number of nitrogens with two attached hydrogens (primary N) is 1. The maximum atomic E-state index is 11.5. The van der Waals surface area contributed by atoms with Gasteiger partial charge < -0.3 is 11.1 Å². The molecule has 0 aliphatic heterocycles. The van der Waals surface area contributed by atoms with Crippen LogP contribution in [0.5, 0.6) is 0 Å². The van der Waals surface area contributed by atoms with Gasteiger partial charge in [-0.15, -0.1) is 0 Å². The van der Waals surface area contributed by atoms with Gasteiger partial charge in [-0.1, -0.05) is 23.7 Å². The van der Waals surface area contributed by atoms with Crippen LogP contribution in [0, 0.1) is 0 Å². The highest BCUT2D eigenvalue weighted by molar-refractivity contribution is 6.30. The molecule has 4 heteroatoms. The molecule has 1 amide bonds. The number of rotatable bonds is 2. The lowest BCUT2D eigenvalue weighted by Gasteiger charge is -2.09. The summed E-state index contributed by atoms with van der Waals surface area (Å²) in [5, 5.41) is 3.28. The Hall–Kier alpha value is -1.06. The number of halogens is 1. The summed E-state index contributed by atoms with van der Waals surface area (Å²) in [6.45, 7) is 0. The van der Waals surface area contributed by atoms with Gasteiger partial charge in [-0.3, -0.25) is 4.79 Å². The average molecular weight is 225 g/mol. The minimum Gasteiger partial charge on any atom is -0.358 e. The number of carbonyl (C=O) groups is 1. The fourth-order valence-electron chi connectivity index (χ4n) is 1.87. The molecule has 2 unspecified atom stereocenters. The molecular weight excluding hydrogens is 212 g/mol. The number of benzene rings is 1. The summed E-state index contributed by atoms with van der Waals surface area (Å²) in [7, 11) is 1.61. The Balaban J connectivity index is 2.16. The van der Waals surface area contributed by atoms with Gasteiger partial charge in [0.25, 0.3) is 0 Å². The van der Waals surface area contributed by atoms with Gasteiger partial charge in [0.1, 0.15) is 5.54 Å². The first-order valence-electron chi connectivity index (χ1n) is 4.84. The van der Waals surface area contributed by atoms with E-state index in [9.17, 15) is 4.79 Å². The molecule has 80 valence electrons. The van der Waals surface area contributed by atoms with Crippen molar-refractivity contribution in [1.29, 1.82) is 0 Å². The summed E-state index contributed by atoms with van der Waals surface area (Å²) < 4.78 is 0. The van der Waals surface area contributed by atoms with Crippen molar-refractivity contribution < 1.29 is 4.79 Å². The zero-order valence-corrected chi connectivity index (χ0v) is 9.21. The molecule has 3 N–H and O–H groups in total. The third-order valence-corrected chi connectivity index (χ3v) is 3.18. The van der Waals surface area contributed by atoms with E-state index in [1.165, 1.54) is 0 Å². The third-order valence-electron chi connectivity index (χ3n) is 2.93. The standard InChI is InChI=1S/C11H13ClN2O/c1-14-10(15)11(13)6-9(11)7-2-4-8(12)5-3-7/h2-5,9H,6,13H2,1H3,(H,14,15). The predicted octanol–water partition coefficient (Wildman–Crippen LogP) is 1.27. The number of hydrogen-bond acceptors (Lipinski definition) is 2. The molecule has 0 radical (unpaired) electrons. The largest absolute Gasteiger partial charge is 0.358 e. The zero-order valence-electron chi connectivity index (χ0n) is 8.46. The molecule has 0 aromatic heterocycles.